The Labute approximate surface area is 91.2 Å². The summed E-state index contributed by atoms with van der Waals surface area (Å²) in [4.78, 5) is 0.982. The Bertz CT molecular complexity index is 302. The smallest absolute Gasteiger partial charge is 0.193 e. The summed E-state index contributed by atoms with van der Waals surface area (Å²) in [5, 5.41) is 8.73. The van der Waals surface area contributed by atoms with E-state index in [0.717, 1.165) is 9.21 Å². The van der Waals surface area contributed by atoms with Crippen LogP contribution in [0.25, 0.3) is 0 Å². The Balaban J connectivity index is 1.95. The molecule has 1 aliphatic heterocycles. The molecule has 1 N–H and O–H groups in total. The van der Waals surface area contributed by atoms with Gasteiger partial charge in [0.2, 0.25) is 0 Å². The van der Waals surface area contributed by atoms with Crippen LogP contribution in [0.15, 0.2) is 12.1 Å². The number of aliphatic hydroxyl groups is 1. The van der Waals surface area contributed by atoms with Crippen molar-refractivity contribution in [3.05, 3.63) is 21.3 Å². The largest absolute Gasteiger partial charge is 0.396 e. The second-order valence-electron chi connectivity index (χ2n) is 3.08. The van der Waals surface area contributed by atoms with E-state index in [1.165, 1.54) is 11.3 Å². The van der Waals surface area contributed by atoms with Crippen LogP contribution < -0.4 is 0 Å². The molecule has 5 heteroatoms. The summed E-state index contributed by atoms with van der Waals surface area (Å²) >= 11 is 7.26. The van der Waals surface area contributed by atoms with Gasteiger partial charge in [-0.05, 0) is 18.6 Å². The maximum atomic E-state index is 8.73. The molecule has 1 aliphatic rings. The topological polar surface area (TPSA) is 38.7 Å². The summed E-state index contributed by atoms with van der Waals surface area (Å²) in [5.41, 5.74) is 0. The van der Waals surface area contributed by atoms with Gasteiger partial charge >= 0.3 is 0 Å². The summed E-state index contributed by atoms with van der Waals surface area (Å²) < 4.78 is 11.7. The lowest BCUT2D eigenvalue weighted by molar-refractivity contribution is -0.0601. The summed E-state index contributed by atoms with van der Waals surface area (Å²) in [6.07, 6.45) is 0.324. The average molecular weight is 235 g/mol. The molecule has 0 saturated carbocycles. The van der Waals surface area contributed by atoms with Gasteiger partial charge in [0.15, 0.2) is 6.29 Å². The third-order valence-electron chi connectivity index (χ3n) is 2.03. The molecule has 2 rings (SSSR count). The van der Waals surface area contributed by atoms with E-state index in [2.05, 4.69) is 0 Å². The molecule has 0 aliphatic carbocycles. The van der Waals surface area contributed by atoms with Crippen LogP contribution in [0, 0.1) is 0 Å². The molecule has 1 saturated heterocycles. The SMILES string of the molecule is OCCC1COC(c2ccc(Cl)s2)O1. The van der Waals surface area contributed by atoms with Gasteiger partial charge in [-0.25, -0.2) is 0 Å². The highest BCUT2D eigenvalue weighted by molar-refractivity contribution is 7.16. The van der Waals surface area contributed by atoms with Crippen molar-refractivity contribution >= 4 is 22.9 Å². The molecule has 1 aromatic heterocycles. The number of hydrogen-bond donors (Lipinski definition) is 1. The molecular formula is C9H11ClO3S. The molecule has 14 heavy (non-hydrogen) atoms. The number of halogens is 1. The van der Waals surface area contributed by atoms with Gasteiger partial charge in [0.05, 0.1) is 21.9 Å². The third kappa shape index (κ3) is 2.27. The maximum Gasteiger partial charge on any atom is 0.193 e. The zero-order valence-corrected chi connectivity index (χ0v) is 9.05. The lowest BCUT2D eigenvalue weighted by Crippen LogP contribution is -2.11. The first-order valence-corrected chi connectivity index (χ1v) is 5.62. The van der Waals surface area contributed by atoms with Crippen molar-refractivity contribution in [3.63, 3.8) is 0 Å². The van der Waals surface area contributed by atoms with Crippen molar-refractivity contribution in [1.82, 2.24) is 0 Å². The minimum atomic E-state index is -0.302. The molecule has 3 nitrogen and oxygen atoms in total. The predicted octanol–water partition coefficient (Wildman–Crippen LogP) is 2.20. The van der Waals surface area contributed by atoms with Crippen LogP contribution in [0.2, 0.25) is 4.34 Å². The Kier molecular flexibility index (Phi) is 3.41. The highest BCUT2D eigenvalue weighted by Crippen LogP contribution is 2.34. The van der Waals surface area contributed by atoms with Gasteiger partial charge in [0, 0.05) is 6.61 Å². The number of rotatable bonds is 3. The molecule has 0 amide bonds. The molecule has 0 spiro atoms. The van der Waals surface area contributed by atoms with Crippen molar-refractivity contribution < 1.29 is 14.6 Å². The van der Waals surface area contributed by atoms with E-state index < -0.39 is 0 Å². The molecule has 1 fully saturated rings. The number of ether oxygens (including phenoxy) is 2. The first-order chi connectivity index (χ1) is 6.79. The van der Waals surface area contributed by atoms with Gasteiger partial charge in [0.1, 0.15) is 0 Å². The Morgan fingerprint density at radius 1 is 1.57 bits per heavy atom. The molecule has 0 bridgehead atoms. The number of aliphatic hydroxyl groups excluding tert-OH is 1. The van der Waals surface area contributed by atoms with Gasteiger partial charge in [0.25, 0.3) is 0 Å². The highest BCUT2D eigenvalue weighted by atomic mass is 35.5. The van der Waals surface area contributed by atoms with E-state index in [4.69, 9.17) is 26.2 Å². The second kappa shape index (κ2) is 4.59. The van der Waals surface area contributed by atoms with Gasteiger partial charge in [-0.2, -0.15) is 0 Å². The molecule has 0 aromatic carbocycles. The van der Waals surface area contributed by atoms with E-state index in [9.17, 15) is 0 Å². The molecule has 2 heterocycles. The third-order valence-corrected chi connectivity index (χ3v) is 3.28. The van der Waals surface area contributed by atoms with Crippen LogP contribution >= 0.6 is 22.9 Å². The molecule has 78 valence electrons. The molecular weight excluding hydrogens is 224 g/mol. The lowest BCUT2D eigenvalue weighted by atomic mass is 10.3. The molecule has 0 radical (unpaired) electrons. The van der Waals surface area contributed by atoms with Crippen LogP contribution in [0.5, 0.6) is 0 Å². The van der Waals surface area contributed by atoms with Crippen LogP contribution in [-0.2, 0) is 9.47 Å². The first-order valence-electron chi connectivity index (χ1n) is 4.43. The summed E-state index contributed by atoms with van der Waals surface area (Å²) in [6.45, 7) is 0.673. The highest BCUT2D eigenvalue weighted by Gasteiger charge is 2.27. The predicted molar refractivity (Wildman–Crippen MR) is 54.6 cm³/mol. The summed E-state index contributed by atoms with van der Waals surface area (Å²) in [7, 11) is 0. The first kappa shape index (κ1) is 10.4. The van der Waals surface area contributed by atoms with Gasteiger partial charge in [-0.3, -0.25) is 0 Å². The van der Waals surface area contributed by atoms with Crippen molar-refractivity contribution in [3.8, 4) is 0 Å². The Morgan fingerprint density at radius 3 is 3.07 bits per heavy atom. The van der Waals surface area contributed by atoms with E-state index in [0.29, 0.717) is 13.0 Å². The summed E-state index contributed by atoms with van der Waals surface area (Å²) in [5.74, 6) is 0. The van der Waals surface area contributed by atoms with E-state index in [-0.39, 0.29) is 19.0 Å². The minimum absolute atomic E-state index is 0.00544. The van der Waals surface area contributed by atoms with Crippen LogP contribution in [0.3, 0.4) is 0 Å². The second-order valence-corrected chi connectivity index (χ2v) is 4.82. The minimum Gasteiger partial charge on any atom is -0.396 e. The molecule has 2 atom stereocenters. The van der Waals surface area contributed by atoms with Crippen molar-refractivity contribution in [1.29, 1.82) is 0 Å². The zero-order valence-electron chi connectivity index (χ0n) is 7.48. The van der Waals surface area contributed by atoms with E-state index >= 15 is 0 Å². The number of thiophene rings is 1. The quantitative estimate of drug-likeness (QED) is 0.872. The zero-order chi connectivity index (χ0) is 9.97. The van der Waals surface area contributed by atoms with Gasteiger partial charge < -0.3 is 14.6 Å². The van der Waals surface area contributed by atoms with Crippen molar-refractivity contribution in [2.75, 3.05) is 13.2 Å². The fourth-order valence-electron chi connectivity index (χ4n) is 1.35. The Morgan fingerprint density at radius 2 is 2.43 bits per heavy atom. The van der Waals surface area contributed by atoms with Crippen LogP contribution in [0.4, 0.5) is 0 Å². The fourth-order valence-corrected chi connectivity index (χ4v) is 2.40. The monoisotopic (exact) mass is 234 g/mol. The molecule has 2 unspecified atom stereocenters. The van der Waals surface area contributed by atoms with Gasteiger partial charge in [-0.1, -0.05) is 11.6 Å². The van der Waals surface area contributed by atoms with Crippen molar-refractivity contribution in [2.24, 2.45) is 0 Å². The average Bonchev–Trinajstić information content (AvgIpc) is 2.74. The normalized spacial score (nSPS) is 27.0. The van der Waals surface area contributed by atoms with E-state index in [1.807, 2.05) is 12.1 Å². The van der Waals surface area contributed by atoms with Gasteiger partial charge in [-0.15, -0.1) is 11.3 Å². The van der Waals surface area contributed by atoms with E-state index in [1.54, 1.807) is 0 Å². The fraction of sp³-hybridized carbons (Fsp3) is 0.556. The van der Waals surface area contributed by atoms with Crippen molar-refractivity contribution in [2.45, 2.75) is 18.8 Å². The van der Waals surface area contributed by atoms with Crippen LogP contribution in [-0.4, -0.2) is 24.4 Å². The lowest BCUT2D eigenvalue weighted by Gasteiger charge is -2.08. The van der Waals surface area contributed by atoms with Crippen LogP contribution in [0.1, 0.15) is 17.6 Å². The standard InChI is InChI=1S/C9H11ClO3S/c10-8-2-1-7(14-8)9-12-5-6(13-9)3-4-11/h1-2,6,9,11H,3-5H2. The maximum absolute atomic E-state index is 8.73. The summed E-state index contributed by atoms with van der Waals surface area (Å²) in [6, 6.07) is 3.73. The number of hydrogen-bond acceptors (Lipinski definition) is 4. The Hall–Kier alpha value is -0.130. The molecule has 1 aromatic rings.